The van der Waals surface area contributed by atoms with Crippen LogP contribution < -0.4 is 4.74 Å². The third kappa shape index (κ3) is 3.12. The second kappa shape index (κ2) is 7.23. The Bertz CT molecular complexity index is 847. The summed E-state index contributed by atoms with van der Waals surface area (Å²) in [4.78, 5) is 9.32. The Hall–Kier alpha value is -2.05. The maximum atomic E-state index is 5.89. The number of methoxy groups -OCH3 is 1. The normalized spacial score (nSPS) is 12.5. The molecule has 0 spiro atoms. The number of pyridine rings is 1. The number of rotatable bonds is 6. The second-order valence-corrected chi connectivity index (χ2v) is 6.27. The molecule has 0 saturated heterocycles. The lowest BCUT2D eigenvalue weighted by Gasteiger charge is -2.15. The SMILES string of the molecule is COC(C)COc1ccnc(-c2nc3ccccc3n2SC)c1C. The lowest BCUT2D eigenvalue weighted by molar-refractivity contribution is 0.0714. The summed E-state index contributed by atoms with van der Waals surface area (Å²) in [7, 11) is 1.68. The van der Waals surface area contributed by atoms with Crippen molar-refractivity contribution in [2.24, 2.45) is 0 Å². The maximum Gasteiger partial charge on any atom is 0.170 e. The number of imidazole rings is 1. The van der Waals surface area contributed by atoms with Gasteiger partial charge in [-0.05, 0) is 44.0 Å². The smallest absolute Gasteiger partial charge is 0.170 e. The van der Waals surface area contributed by atoms with E-state index in [0.717, 1.165) is 33.9 Å². The molecule has 0 saturated carbocycles. The van der Waals surface area contributed by atoms with Gasteiger partial charge in [0.2, 0.25) is 0 Å². The number of hydrogen-bond donors (Lipinski definition) is 0. The van der Waals surface area contributed by atoms with E-state index in [4.69, 9.17) is 14.5 Å². The molecule has 2 heterocycles. The Balaban J connectivity index is 2.04. The Morgan fingerprint density at radius 2 is 2.04 bits per heavy atom. The van der Waals surface area contributed by atoms with Gasteiger partial charge in [0.15, 0.2) is 5.82 Å². The first-order valence-electron chi connectivity index (χ1n) is 7.79. The van der Waals surface area contributed by atoms with Crippen LogP contribution in [0, 0.1) is 6.92 Å². The minimum absolute atomic E-state index is 0.0387. The second-order valence-electron chi connectivity index (χ2n) is 5.54. The zero-order chi connectivity index (χ0) is 17.1. The number of hydrogen-bond acceptors (Lipinski definition) is 5. The van der Waals surface area contributed by atoms with E-state index in [1.54, 1.807) is 25.3 Å². The summed E-state index contributed by atoms with van der Waals surface area (Å²) >= 11 is 1.62. The molecule has 0 N–H and O–H groups in total. The highest BCUT2D eigenvalue weighted by Gasteiger charge is 2.17. The number of aromatic nitrogens is 3. The average Bonchev–Trinajstić information content (AvgIpc) is 2.98. The van der Waals surface area contributed by atoms with Gasteiger partial charge in [0.25, 0.3) is 0 Å². The highest BCUT2D eigenvalue weighted by atomic mass is 32.2. The summed E-state index contributed by atoms with van der Waals surface area (Å²) in [6.45, 7) is 4.49. The summed E-state index contributed by atoms with van der Waals surface area (Å²) < 4.78 is 13.2. The lowest BCUT2D eigenvalue weighted by atomic mass is 10.2. The fraction of sp³-hybridized carbons (Fsp3) is 0.333. The number of benzene rings is 1. The van der Waals surface area contributed by atoms with Crippen molar-refractivity contribution in [2.45, 2.75) is 20.0 Å². The van der Waals surface area contributed by atoms with E-state index in [2.05, 4.69) is 15.0 Å². The zero-order valence-electron chi connectivity index (χ0n) is 14.3. The van der Waals surface area contributed by atoms with Crippen LogP contribution in [-0.4, -0.2) is 40.0 Å². The molecule has 2 aromatic heterocycles. The summed E-state index contributed by atoms with van der Waals surface area (Å²) in [6, 6.07) is 9.98. The molecule has 1 atom stereocenters. The fourth-order valence-corrected chi connectivity index (χ4v) is 3.16. The van der Waals surface area contributed by atoms with Gasteiger partial charge < -0.3 is 9.47 Å². The third-order valence-corrected chi connectivity index (χ3v) is 4.68. The Morgan fingerprint density at radius 1 is 1.25 bits per heavy atom. The zero-order valence-corrected chi connectivity index (χ0v) is 15.1. The molecule has 3 aromatic rings. The number of para-hydroxylation sites is 2. The average molecular weight is 343 g/mol. The monoisotopic (exact) mass is 343 g/mol. The van der Waals surface area contributed by atoms with Crippen LogP contribution in [0.4, 0.5) is 0 Å². The van der Waals surface area contributed by atoms with E-state index in [1.807, 2.05) is 44.4 Å². The summed E-state index contributed by atoms with van der Waals surface area (Å²) in [5, 5.41) is 0. The van der Waals surface area contributed by atoms with E-state index in [0.29, 0.717) is 6.61 Å². The molecule has 0 fully saturated rings. The molecular formula is C18H21N3O2S. The standard InChI is InChI=1S/C18H21N3O2S/c1-12(22-3)11-23-16-9-10-19-17(13(16)2)18-20-14-7-5-6-8-15(14)21(18)24-4/h5-10,12H,11H2,1-4H3. The molecule has 24 heavy (non-hydrogen) atoms. The minimum Gasteiger partial charge on any atom is -0.490 e. The summed E-state index contributed by atoms with van der Waals surface area (Å²) in [5.41, 5.74) is 3.86. The van der Waals surface area contributed by atoms with E-state index in [-0.39, 0.29) is 6.10 Å². The molecule has 0 amide bonds. The van der Waals surface area contributed by atoms with Gasteiger partial charge in [0.1, 0.15) is 18.1 Å². The highest BCUT2D eigenvalue weighted by Crippen LogP contribution is 2.32. The van der Waals surface area contributed by atoms with Crippen LogP contribution in [0.3, 0.4) is 0 Å². The minimum atomic E-state index is 0.0387. The summed E-state index contributed by atoms with van der Waals surface area (Å²) in [5.74, 6) is 1.65. The van der Waals surface area contributed by atoms with E-state index in [1.165, 1.54) is 0 Å². The molecule has 0 aliphatic heterocycles. The highest BCUT2D eigenvalue weighted by molar-refractivity contribution is 7.97. The Morgan fingerprint density at radius 3 is 2.79 bits per heavy atom. The van der Waals surface area contributed by atoms with Gasteiger partial charge in [-0.25, -0.2) is 4.98 Å². The maximum absolute atomic E-state index is 5.89. The van der Waals surface area contributed by atoms with Crippen LogP contribution in [0.25, 0.3) is 22.6 Å². The van der Waals surface area contributed by atoms with Crippen LogP contribution in [0.15, 0.2) is 36.5 Å². The molecule has 5 nitrogen and oxygen atoms in total. The van der Waals surface area contributed by atoms with Crippen LogP contribution in [0.5, 0.6) is 5.75 Å². The molecule has 126 valence electrons. The Labute approximate surface area is 146 Å². The van der Waals surface area contributed by atoms with Crippen molar-refractivity contribution in [3.63, 3.8) is 0 Å². The Kier molecular flexibility index (Phi) is 5.06. The molecule has 0 aliphatic rings. The van der Waals surface area contributed by atoms with Gasteiger partial charge in [-0.3, -0.25) is 8.96 Å². The topological polar surface area (TPSA) is 49.2 Å². The number of ether oxygens (including phenoxy) is 2. The van der Waals surface area contributed by atoms with E-state index in [9.17, 15) is 0 Å². The molecule has 6 heteroatoms. The molecule has 1 aromatic carbocycles. The van der Waals surface area contributed by atoms with Gasteiger partial charge in [0.05, 0.1) is 17.1 Å². The predicted molar refractivity (Wildman–Crippen MR) is 98.6 cm³/mol. The largest absolute Gasteiger partial charge is 0.490 e. The number of nitrogens with zero attached hydrogens (tertiary/aromatic N) is 3. The van der Waals surface area contributed by atoms with Gasteiger partial charge in [0, 0.05) is 25.1 Å². The number of fused-ring (bicyclic) bond motifs is 1. The van der Waals surface area contributed by atoms with Gasteiger partial charge in [-0.15, -0.1) is 0 Å². The molecule has 3 rings (SSSR count). The summed E-state index contributed by atoms with van der Waals surface area (Å²) in [6.07, 6.45) is 3.84. The molecule has 1 unspecified atom stereocenters. The predicted octanol–water partition coefficient (Wildman–Crippen LogP) is 3.95. The van der Waals surface area contributed by atoms with Crippen molar-refractivity contribution >= 4 is 23.0 Å². The quantitative estimate of drug-likeness (QED) is 0.678. The fourth-order valence-electron chi connectivity index (χ4n) is 2.51. The van der Waals surface area contributed by atoms with Crippen LogP contribution in [0.1, 0.15) is 12.5 Å². The molecule has 0 radical (unpaired) electrons. The van der Waals surface area contributed by atoms with Crippen molar-refractivity contribution in [3.8, 4) is 17.3 Å². The van der Waals surface area contributed by atoms with Crippen LogP contribution in [0.2, 0.25) is 0 Å². The lowest BCUT2D eigenvalue weighted by Crippen LogP contribution is -2.16. The van der Waals surface area contributed by atoms with Crippen molar-refractivity contribution in [3.05, 3.63) is 42.1 Å². The van der Waals surface area contributed by atoms with Crippen LogP contribution >= 0.6 is 11.9 Å². The van der Waals surface area contributed by atoms with Crippen molar-refractivity contribution < 1.29 is 9.47 Å². The van der Waals surface area contributed by atoms with Gasteiger partial charge in [-0.1, -0.05) is 12.1 Å². The molecule has 0 bridgehead atoms. The van der Waals surface area contributed by atoms with E-state index >= 15 is 0 Å². The van der Waals surface area contributed by atoms with Crippen molar-refractivity contribution in [1.82, 2.24) is 13.9 Å². The molecular weight excluding hydrogens is 322 g/mol. The van der Waals surface area contributed by atoms with Crippen molar-refractivity contribution in [2.75, 3.05) is 20.0 Å². The van der Waals surface area contributed by atoms with Gasteiger partial charge >= 0.3 is 0 Å². The van der Waals surface area contributed by atoms with Gasteiger partial charge in [-0.2, -0.15) is 0 Å². The van der Waals surface area contributed by atoms with E-state index < -0.39 is 0 Å². The van der Waals surface area contributed by atoms with Crippen LogP contribution in [-0.2, 0) is 4.74 Å². The molecule has 0 aliphatic carbocycles. The third-order valence-electron chi connectivity index (χ3n) is 3.94. The first-order valence-corrected chi connectivity index (χ1v) is 8.97. The van der Waals surface area contributed by atoms with Crippen molar-refractivity contribution in [1.29, 1.82) is 0 Å². The first kappa shape index (κ1) is 16.8. The first-order chi connectivity index (χ1) is 11.7.